The van der Waals surface area contributed by atoms with Crippen LogP contribution in [-0.2, 0) is 68.6 Å². The zero-order valence-corrected chi connectivity index (χ0v) is 101. The Morgan fingerprint density at radius 1 is 0.555 bits per heavy atom. The molecule has 13 aromatic rings. The maximum Gasteiger partial charge on any atom is 1.00 e. The van der Waals surface area contributed by atoms with Gasteiger partial charge < -0.3 is 98.9 Å². The second-order valence-corrected chi connectivity index (χ2v) is 33.1. The minimum atomic E-state index is -1.45. The number of benzene rings is 5. The number of H-pyrrole nitrogens is 2. The summed E-state index contributed by atoms with van der Waals surface area (Å²) in [5, 5.41) is 88.9. The van der Waals surface area contributed by atoms with Crippen molar-refractivity contribution in [1.82, 2.24) is 84.4 Å². The van der Waals surface area contributed by atoms with Gasteiger partial charge in [-0.05, 0) is 149 Å². The molecule has 46 nitrogen and oxygen atoms in total. The van der Waals surface area contributed by atoms with E-state index < -0.39 is 66.8 Å². The SMILES string of the molecule is COC(=O)c1nn(C)cc1N.COC(=O)c1nn(C)cc1NC(=O)c1cccc(-c2cnn(C(=O)OC(C)(C)C)c2)c1.COC(=O)c1nn(C)cc1NC(=O)c1cccc(Br)c1.Cn1cc(NC(=O)c2cccc(-c3cn[nH]c3)c2)c(C(=O)NCCCCBr)n1.Cn1cc(NC(=O)c2cccc(-c3cn[nH]c3)c2)c(C(=O)[O-])n1.NCCCCBr.O=C(O)c1cccc(Br)c1.O=CO[O-].OC1CCCO1.[2H]CF.[Cs+].[Cs+].[H-].[Li+].[Li+].[OH-]. The molecule has 0 bridgehead atoms. The second kappa shape index (κ2) is 72.5. The summed E-state index contributed by atoms with van der Waals surface area (Å²) in [6, 6.07) is 34.4. The van der Waals surface area contributed by atoms with E-state index in [0.29, 0.717) is 62.6 Å². The number of anilines is 5. The van der Waals surface area contributed by atoms with E-state index in [0.717, 1.165) is 91.8 Å². The maximum absolute atomic E-state index is 12.7. The minimum absolute atomic E-state index is 0. The van der Waals surface area contributed by atoms with Gasteiger partial charge in [-0.1, -0.05) is 112 Å². The van der Waals surface area contributed by atoms with Crippen molar-refractivity contribution in [3.05, 3.63) is 255 Å². The largest absolute Gasteiger partial charge is 1.00 e. The fourth-order valence-corrected chi connectivity index (χ4v) is 13.0. The molecule has 1 fully saturated rings. The Bertz CT molecular complexity index is 6310. The first-order valence-electron chi connectivity index (χ1n) is 42.3. The Hall–Kier alpha value is -9.83. The van der Waals surface area contributed by atoms with Gasteiger partial charge in [0, 0.05) is 163 Å². The normalized spacial score (nSPS) is 10.9. The Kier molecular flexibility index (Phi) is 66.6. The number of nitrogens with two attached hydrogens (primary N) is 2. The molecule has 5 amide bonds. The molecule has 1 aliphatic rings. The van der Waals surface area contributed by atoms with Gasteiger partial charge in [-0.2, -0.15) is 45.5 Å². The minimum Gasteiger partial charge on any atom is -1.00 e. The molecule has 0 aliphatic carbocycles. The number of amides is 5. The number of aliphatic hydroxyl groups is 1. The van der Waals surface area contributed by atoms with Crippen molar-refractivity contribution in [2.75, 3.05) is 85.8 Å². The van der Waals surface area contributed by atoms with Crippen molar-refractivity contribution in [3.63, 3.8) is 0 Å². The first kappa shape index (κ1) is 134. The van der Waals surface area contributed by atoms with Gasteiger partial charge in [0.1, 0.15) is 11.3 Å². The first-order chi connectivity index (χ1) is 67.7. The molecule has 1 unspecified atom stereocenters. The van der Waals surface area contributed by atoms with Crippen molar-refractivity contribution in [2.45, 2.75) is 71.2 Å². The Morgan fingerprint density at radius 3 is 1.25 bits per heavy atom. The number of alkyl halides is 3. The molecular formula is C91H106Br4Cs2FLi2N23O23. The Balaban J connectivity index is 0. The quantitative estimate of drug-likeness (QED) is 0.00471. The molecule has 9 heterocycles. The first-order valence-corrected chi connectivity index (χ1v) is 45.5. The Labute approximate surface area is 1020 Å². The van der Waals surface area contributed by atoms with Crippen molar-refractivity contribution >= 4 is 164 Å². The average Bonchev–Trinajstić information content (AvgIpc) is 1.68. The molecule has 762 valence electrons. The fourth-order valence-electron chi connectivity index (χ4n) is 11.4. The summed E-state index contributed by atoms with van der Waals surface area (Å²) < 4.78 is 49.0. The van der Waals surface area contributed by atoms with Crippen LogP contribution < -0.4 is 224 Å². The topological polar surface area (TPSA) is 653 Å². The third-order valence-corrected chi connectivity index (χ3v) is 19.9. The van der Waals surface area contributed by atoms with Gasteiger partial charge in [0.15, 0.2) is 29.1 Å². The number of nitrogen functional groups attached to an aromatic ring is 1. The number of hydrogen-bond donors (Lipinski definition) is 11. The number of unbranched alkanes of at least 4 members (excludes halogenated alkanes) is 2. The number of methoxy groups -OCH3 is 3. The summed E-state index contributed by atoms with van der Waals surface area (Å²) in [7, 11) is 11.0. The molecule has 1 atom stereocenters. The third kappa shape index (κ3) is 47.8. The van der Waals surface area contributed by atoms with Crippen LogP contribution in [0.5, 0.6) is 0 Å². The van der Waals surface area contributed by atoms with E-state index in [-0.39, 0.29) is 246 Å². The van der Waals surface area contributed by atoms with Crippen molar-refractivity contribution < 1.29 is 295 Å². The van der Waals surface area contributed by atoms with Crippen LogP contribution in [0.4, 0.5) is 37.6 Å². The van der Waals surface area contributed by atoms with Crippen LogP contribution in [0, 0.1) is 0 Å². The van der Waals surface area contributed by atoms with Gasteiger partial charge in [0.25, 0.3) is 36.0 Å². The van der Waals surface area contributed by atoms with Crippen LogP contribution in [0.15, 0.2) is 198 Å². The molecule has 8 aromatic heterocycles. The van der Waals surface area contributed by atoms with E-state index in [1.807, 2.05) is 18.2 Å². The molecule has 0 radical (unpaired) electrons. The molecule has 1 aliphatic heterocycles. The number of hydrogen-bond acceptors (Lipinski definition) is 32. The third-order valence-electron chi connectivity index (χ3n) is 17.8. The molecule has 14 N–H and O–H groups in total. The number of nitrogens with zero attached hydrogens (tertiary/aromatic N) is 14. The molecule has 0 saturated carbocycles. The number of aromatic nitrogens is 16. The van der Waals surface area contributed by atoms with Crippen molar-refractivity contribution in [2.24, 2.45) is 41.0 Å². The van der Waals surface area contributed by atoms with E-state index in [2.05, 4.69) is 156 Å². The van der Waals surface area contributed by atoms with Crippen LogP contribution >= 0.6 is 63.7 Å². The molecule has 55 heteroatoms. The predicted octanol–water partition coefficient (Wildman–Crippen LogP) is -1.14. The molecule has 146 heavy (non-hydrogen) atoms. The zero-order chi connectivity index (χ0) is 105. The van der Waals surface area contributed by atoms with Crippen molar-refractivity contribution in [1.29, 1.82) is 0 Å². The summed E-state index contributed by atoms with van der Waals surface area (Å²) in [6.45, 7) is 7.25. The van der Waals surface area contributed by atoms with Gasteiger partial charge in [-0.25, -0.2) is 24.0 Å². The summed E-state index contributed by atoms with van der Waals surface area (Å²) in [5.41, 5.74) is 18.2. The summed E-state index contributed by atoms with van der Waals surface area (Å²) in [6.07, 6.45) is 22.4. The van der Waals surface area contributed by atoms with Gasteiger partial charge in [-0.3, -0.25) is 66.8 Å². The Morgan fingerprint density at radius 2 is 0.918 bits per heavy atom. The van der Waals surface area contributed by atoms with Crippen molar-refractivity contribution in [3.8, 4) is 33.4 Å². The average molecular weight is 2510 g/mol. The summed E-state index contributed by atoms with van der Waals surface area (Å²) in [4.78, 5) is 141. The van der Waals surface area contributed by atoms with Crippen LogP contribution in [0.25, 0.3) is 33.4 Å². The standard InChI is InChI=1S/C21H23N5O5.C19H21BrN6O2.C15H13N5O3.C13H12BrN3O3.C7H5BrO2.C6H9N3O2.C4H10BrN.C4H8O2.CH3F.CH2O3.2Cs.2Li.H2O.H/c1-21(2,3)31-20(29)26-11-15(10-22-26)13-7-6-8-14(9-13)18(27)23-16-12-25(4)24-17(16)19(28)30-5;1-26-12-16(17(25-26)19(28)21-8-3-2-7-20)24-18(27)14-6-4-5-13(9-14)15-10-22-23-11-15;1-20-8-12(13(19-20)15(22)23)18-14(21)10-4-2-3-9(5-10)11-6-16-17-7-11;1-17-7-10(11(16-17)13(19)20-2)15-12(18)8-4-3-5-9(14)6-8;8-6-3-1-2-5(4-6)7(9)10;1-9-3-4(7)5(8-9)6(10)11-2;5-3-1-2-4-6;5-4-2-1-3-6-4;1-2;2-1-4-3;;;;;;/h6-12H,1-5H3,(H,23,27);4-6,9-12H,2-3,7-8H2,1H3,(H,21,28)(H,22,23)(H,24,27);2-8H,1H3,(H,16,17)(H,18,21)(H,22,23);3-7H,1-2H3,(H,15,18);1-4H,(H,9,10);3H,7H2,1-2H3;1-4,6H2;4-5H,1-3H2;1H3;1,3H;;;;;1H2;/q;;;;;;;;;;4*+1;;-1/p-3/i;;;;;;;;1D;;;;;;;. The fraction of sp³-hybridized carbons (Fsp3) is 0.275. The molecule has 1 saturated heterocycles. The molecule has 14 rings (SSSR count). The number of ether oxygens (including phenoxy) is 5. The maximum atomic E-state index is 12.7. The number of nitrogens with one attached hydrogen (secondary N) is 7. The summed E-state index contributed by atoms with van der Waals surface area (Å²) in [5.74, 6) is -5.94. The number of aryl methyl sites for hydroxylation is 5. The number of carboxylic acids is 2. The number of aliphatic hydroxyl groups excluding tert-OH is 1. The van der Waals surface area contributed by atoms with E-state index in [4.69, 9.17) is 47.3 Å². The number of halogens is 5. The van der Waals surface area contributed by atoms with Gasteiger partial charge in [-0.15, -0.1) is 0 Å². The number of aromatic carboxylic acids is 2. The van der Waals surface area contributed by atoms with E-state index >= 15 is 0 Å². The zero-order valence-electron chi connectivity index (χ0n) is 84.3. The molecular weight excluding hydrogens is 2400 g/mol. The molecule has 5 aromatic carbocycles. The number of aromatic amines is 2. The number of esters is 3. The monoisotopic (exact) mass is 2500 g/mol. The molecule has 0 spiro atoms. The number of carbonyl (C=O) groups is 12. The number of carbonyl (C=O) groups excluding carboxylic acids is 11. The second-order valence-electron chi connectivity index (χ2n) is 29.6. The number of carboxylic acid groups (broad SMARTS) is 2. The van der Waals surface area contributed by atoms with E-state index in [1.165, 1.54) is 75.9 Å². The number of rotatable bonds is 25. The van der Waals surface area contributed by atoms with Gasteiger partial charge in [0.2, 0.25) is 0 Å². The van der Waals surface area contributed by atoms with E-state index in [9.17, 15) is 62.2 Å². The van der Waals surface area contributed by atoms with Gasteiger partial charge >= 0.3 is 205 Å². The smallest absolute Gasteiger partial charge is 1.00 e. The summed E-state index contributed by atoms with van der Waals surface area (Å²) >= 11 is 13.1. The van der Waals surface area contributed by atoms with E-state index in [1.54, 1.807) is 203 Å². The van der Waals surface area contributed by atoms with Crippen LogP contribution in [0.2, 0.25) is 0 Å². The van der Waals surface area contributed by atoms with Crippen LogP contribution in [0.3, 0.4) is 0 Å². The van der Waals surface area contributed by atoms with Crippen LogP contribution in [0.1, 0.15) is 166 Å². The predicted molar refractivity (Wildman–Crippen MR) is 529 cm³/mol. The van der Waals surface area contributed by atoms with Gasteiger partial charge in [0.05, 0.1) is 88.4 Å². The van der Waals surface area contributed by atoms with Crippen LogP contribution in [-0.4, -0.2) is 237 Å².